The third-order valence-electron chi connectivity index (χ3n) is 2.94. The maximum Gasteiger partial charge on any atom is 0.0701 e. The van der Waals surface area contributed by atoms with Gasteiger partial charge in [-0.25, -0.2) is 0 Å². The second kappa shape index (κ2) is 14.3. The lowest BCUT2D eigenvalue weighted by Gasteiger charge is -2.13. The van der Waals surface area contributed by atoms with Gasteiger partial charge in [-0.1, -0.05) is 27.2 Å². The van der Waals surface area contributed by atoms with E-state index in [2.05, 4.69) is 6.92 Å². The van der Waals surface area contributed by atoms with Crippen LogP contribution in [0.4, 0.5) is 0 Å². The van der Waals surface area contributed by atoms with Crippen molar-refractivity contribution >= 4 is 0 Å². The van der Waals surface area contributed by atoms with Crippen LogP contribution >= 0.6 is 0 Å². The van der Waals surface area contributed by atoms with E-state index < -0.39 is 0 Å². The molecule has 0 amide bonds. The molecule has 19 heavy (non-hydrogen) atoms. The lowest BCUT2D eigenvalue weighted by Crippen LogP contribution is -2.15. The van der Waals surface area contributed by atoms with Gasteiger partial charge in [0.2, 0.25) is 0 Å². The fourth-order valence-electron chi connectivity index (χ4n) is 1.52. The summed E-state index contributed by atoms with van der Waals surface area (Å²) >= 11 is 0. The molecule has 1 unspecified atom stereocenters. The minimum absolute atomic E-state index is 0.208. The highest BCUT2D eigenvalue weighted by atomic mass is 16.5. The highest BCUT2D eigenvalue weighted by Crippen LogP contribution is 2.07. The summed E-state index contributed by atoms with van der Waals surface area (Å²) in [4.78, 5) is 0. The Balaban J connectivity index is 3.03. The monoisotopic (exact) mass is 276 g/mol. The second-order valence-corrected chi connectivity index (χ2v) is 5.14. The predicted molar refractivity (Wildman–Crippen MR) is 77.4 cm³/mol. The van der Waals surface area contributed by atoms with Crippen LogP contribution in [0.1, 0.15) is 46.5 Å². The van der Waals surface area contributed by atoms with Crippen LogP contribution in [0.2, 0.25) is 0 Å². The molecule has 1 atom stereocenters. The van der Waals surface area contributed by atoms with Crippen LogP contribution in [0.5, 0.6) is 0 Å². The first kappa shape index (κ1) is 18.8. The Kier molecular flexibility index (Phi) is 14.1. The van der Waals surface area contributed by atoms with Crippen molar-refractivity contribution in [1.82, 2.24) is 0 Å². The molecule has 0 saturated heterocycles. The Labute approximate surface area is 118 Å². The zero-order chi connectivity index (χ0) is 14.3. The molecule has 4 heteroatoms. The lowest BCUT2D eigenvalue weighted by molar-refractivity contribution is 0.0110. The Morgan fingerprint density at radius 3 is 1.74 bits per heavy atom. The molecule has 0 aliphatic heterocycles. The molecule has 0 aliphatic carbocycles. The summed E-state index contributed by atoms with van der Waals surface area (Å²) in [5, 5.41) is 9.59. The molecule has 0 heterocycles. The fraction of sp³-hybridized carbons (Fsp3) is 1.00. The average molecular weight is 276 g/mol. The van der Waals surface area contributed by atoms with Crippen LogP contribution in [0, 0.1) is 5.92 Å². The molecule has 0 rings (SSSR count). The van der Waals surface area contributed by atoms with E-state index in [1.54, 1.807) is 0 Å². The number of unbranched alkanes of at least 4 members (excludes halogenated alkanes) is 1. The first-order chi connectivity index (χ1) is 9.18. The lowest BCUT2D eigenvalue weighted by atomic mass is 10.0. The molecule has 0 bridgehead atoms. The molecule has 4 nitrogen and oxygen atoms in total. The number of hydrogen-bond donors (Lipinski definition) is 1. The smallest absolute Gasteiger partial charge is 0.0701 e. The topological polar surface area (TPSA) is 47.9 Å². The van der Waals surface area contributed by atoms with Crippen LogP contribution in [0.15, 0.2) is 0 Å². The summed E-state index contributed by atoms with van der Waals surface area (Å²) in [6, 6.07) is 0. The summed E-state index contributed by atoms with van der Waals surface area (Å²) in [6.07, 6.45) is 3.79. The zero-order valence-corrected chi connectivity index (χ0v) is 12.9. The number of aliphatic hydroxyl groups excluding tert-OH is 1. The Bertz CT molecular complexity index is 174. The SMILES string of the molecule is CCCCOCCOCCOCCCC(O)C(C)C. The average Bonchev–Trinajstić information content (AvgIpc) is 2.39. The van der Waals surface area contributed by atoms with E-state index in [-0.39, 0.29) is 6.10 Å². The van der Waals surface area contributed by atoms with E-state index in [0.717, 1.165) is 25.9 Å². The summed E-state index contributed by atoms with van der Waals surface area (Å²) < 4.78 is 16.2. The Morgan fingerprint density at radius 1 is 0.789 bits per heavy atom. The van der Waals surface area contributed by atoms with E-state index in [1.807, 2.05) is 13.8 Å². The van der Waals surface area contributed by atoms with Gasteiger partial charge in [-0.2, -0.15) is 0 Å². The van der Waals surface area contributed by atoms with Crippen molar-refractivity contribution in [3.63, 3.8) is 0 Å². The van der Waals surface area contributed by atoms with E-state index in [0.29, 0.717) is 39.0 Å². The fourth-order valence-corrected chi connectivity index (χ4v) is 1.52. The van der Waals surface area contributed by atoms with Crippen LogP contribution < -0.4 is 0 Å². The minimum Gasteiger partial charge on any atom is -0.393 e. The first-order valence-electron chi connectivity index (χ1n) is 7.59. The van der Waals surface area contributed by atoms with Crippen molar-refractivity contribution in [3.05, 3.63) is 0 Å². The predicted octanol–water partition coefficient (Wildman–Crippen LogP) is 2.63. The summed E-state index contributed by atoms with van der Waals surface area (Å²) in [5.74, 6) is 0.330. The van der Waals surface area contributed by atoms with Crippen molar-refractivity contribution in [2.45, 2.75) is 52.6 Å². The van der Waals surface area contributed by atoms with E-state index in [4.69, 9.17) is 14.2 Å². The Morgan fingerprint density at radius 2 is 1.26 bits per heavy atom. The maximum absolute atomic E-state index is 9.59. The summed E-state index contributed by atoms with van der Waals surface area (Å²) in [5.41, 5.74) is 0. The van der Waals surface area contributed by atoms with E-state index in [9.17, 15) is 5.11 Å². The highest BCUT2D eigenvalue weighted by Gasteiger charge is 2.07. The molecule has 0 aromatic heterocycles. The number of rotatable bonds is 14. The van der Waals surface area contributed by atoms with E-state index >= 15 is 0 Å². The van der Waals surface area contributed by atoms with Gasteiger partial charge in [0.25, 0.3) is 0 Å². The van der Waals surface area contributed by atoms with Gasteiger partial charge in [-0.3, -0.25) is 0 Å². The molecule has 1 N–H and O–H groups in total. The molecule has 116 valence electrons. The summed E-state index contributed by atoms with van der Waals surface area (Å²) in [6.45, 7) is 10.3. The molecule has 0 saturated carbocycles. The quantitative estimate of drug-likeness (QED) is 0.495. The van der Waals surface area contributed by atoms with Gasteiger partial charge in [0.1, 0.15) is 0 Å². The third-order valence-corrected chi connectivity index (χ3v) is 2.94. The standard InChI is InChI=1S/C15H32O4/c1-4-5-8-17-10-12-19-13-11-18-9-6-7-15(16)14(2)3/h14-16H,4-13H2,1-3H3. The molecule has 0 aromatic rings. The Hall–Kier alpha value is -0.160. The summed E-state index contributed by atoms with van der Waals surface area (Å²) in [7, 11) is 0. The molecular formula is C15H32O4. The maximum atomic E-state index is 9.59. The van der Waals surface area contributed by atoms with E-state index in [1.165, 1.54) is 6.42 Å². The van der Waals surface area contributed by atoms with Gasteiger partial charge in [-0.05, 0) is 25.2 Å². The van der Waals surface area contributed by atoms with Crippen molar-refractivity contribution in [3.8, 4) is 0 Å². The van der Waals surface area contributed by atoms with Gasteiger partial charge in [-0.15, -0.1) is 0 Å². The molecule has 0 spiro atoms. The third kappa shape index (κ3) is 14.1. The molecule has 0 aromatic carbocycles. The van der Waals surface area contributed by atoms with Crippen molar-refractivity contribution in [2.75, 3.05) is 39.6 Å². The number of aliphatic hydroxyl groups is 1. The number of hydrogen-bond acceptors (Lipinski definition) is 4. The van der Waals surface area contributed by atoms with Gasteiger partial charge in [0.05, 0.1) is 32.5 Å². The second-order valence-electron chi connectivity index (χ2n) is 5.14. The van der Waals surface area contributed by atoms with Crippen molar-refractivity contribution in [2.24, 2.45) is 5.92 Å². The first-order valence-corrected chi connectivity index (χ1v) is 7.59. The molecular weight excluding hydrogens is 244 g/mol. The van der Waals surface area contributed by atoms with Crippen molar-refractivity contribution in [1.29, 1.82) is 0 Å². The normalized spacial score (nSPS) is 13.1. The van der Waals surface area contributed by atoms with Crippen LogP contribution in [-0.4, -0.2) is 50.9 Å². The minimum atomic E-state index is -0.208. The number of ether oxygens (including phenoxy) is 3. The zero-order valence-electron chi connectivity index (χ0n) is 12.9. The highest BCUT2D eigenvalue weighted by molar-refractivity contribution is 4.59. The molecule has 0 fully saturated rings. The van der Waals surface area contributed by atoms with Crippen LogP contribution in [0.3, 0.4) is 0 Å². The van der Waals surface area contributed by atoms with Gasteiger partial charge in [0, 0.05) is 13.2 Å². The van der Waals surface area contributed by atoms with Gasteiger partial charge < -0.3 is 19.3 Å². The van der Waals surface area contributed by atoms with Gasteiger partial charge >= 0.3 is 0 Å². The van der Waals surface area contributed by atoms with Gasteiger partial charge in [0.15, 0.2) is 0 Å². The van der Waals surface area contributed by atoms with Crippen molar-refractivity contribution < 1.29 is 19.3 Å². The molecule has 0 radical (unpaired) electrons. The van der Waals surface area contributed by atoms with Crippen LogP contribution in [0.25, 0.3) is 0 Å². The van der Waals surface area contributed by atoms with Crippen LogP contribution in [-0.2, 0) is 14.2 Å². The molecule has 0 aliphatic rings. The largest absolute Gasteiger partial charge is 0.393 e.